The fourth-order valence-corrected chi connectivity index (χ4v) is 3.44. The number of hydrogen-bond acceptors (Lipinski definition) is 2. The van der Waals surface area contributed by atoms with E-state index >= 15 is 0 Å². The zero-order valence-corrected chi connectivity index (χ0v) is 10.4. The highest BCUT2D eigenvalue weighted by atomic mass is 16.4. The Labute approximate surface area is 97.8 Å². The molecule has 2 aliphatic rings. The molecule has 2 atom stereocenters. The molecule has 0 bridgehead atoms. The molecule has 0 aromatic heterocycles. The van der Waals surface area contributed by atoms with E-state index in [9.17, 15) is 9.90 Å². The Morgan fingerprint density at radius 3 is 2.75 bits per heavy atom. The molecular weight excluding hydrogens is 202 g/mol. The molecule has 1 saturated carbocycles. The molecule has 1 aliphatic carbocycles. The van der Waals surface area contributed by atoms with E-state index in [1.165, 1.54) is 12.8 Å². The summed E-state index contributed by atoms with van der Waals surface area (Å²) in [6, 6.07) is 0.290. The number of aliphatic carboxylic acids is 1. The summed E-state index contributed by atoms with van der Waals surface area (Å²) in [7, 11) is 0. The van der Waals surface area contributed by atoms with Gasteiger partial charge < -0.3 is 5.11 Å². The average molecular weight is 225 g/mol. The van der Waals surface area contributed by atoms with Crippen LogP contribution in [-0.2, 0) is 4.79 Å². The number of nitrogens with zero attached hydrogens (tertiary/aromatic N) is 1. The first-order valence-corrected chi connectivity index (χ1v) is 6.55. The first kappa shape index (κ1) is 11.9. The van der Waals surface area contributed by atoms with E-state index in [4.69, 9.17) is 0 Å². The van der Waals surface area contributed by atoms with Crippen molar-refractivity contribution in [1.82, 2.24) is 4.90 Å². The standard InChI is InChI=1S/C13H23NO2/c1-3-5-10-8-14(9-10)11-6-4-7-13(11,2)12(15)16/h10-11H,3-9H2,1-2H3,(H,15,16). The molecule has 1 N–H and O–H groups in total. The van der Waals surface area contributed by atoms with E-state index < -0.39 is 11.4 Å². The maximum Gasteiger partial charge on any atom is 0.310 e. The largest absolute Gasteiger partial charge is 0.481 e. The summed E-state index contributed by atoms with van der Waals surface area (Å²) in [5, 5.41) is 9.35. The predicted octanol–water partition coefficient (Wildman–Crippen LogP) is 2.36. The van der Waals surface area contributed by atoms with E-state index in [0.717, 1.165) is 38.3 Å². The van der Waals surface area contributed by atoms with Gasteiger partial charge in [0.05, 0.1) is 5.41 Å². The van der Waals surface area contributed by atoms with E-state index in [0.29, 0.717) is 0 Å². The molecule has 3 heteroatoms. The summed E-state index contributed by atoms with van der Waals surface area (Å²) in [5.74, 6) is 0.220. The van der Waals surface area contributed by atoms with E-state index in [1.54, 1.807) is 0 Å². The fraction of sp³-hybridized carbons (Fsp3) is 0.923. The van der Waals surface area contributed by atoms with Gasteiger partial charge in [0.2, 0.25) is 0 Å². The Morgan fingerprint density at radius 2 is 2.19 bits per heavy atom. The summed E-state index contributed by atoms with van der Waals surface area (Å²) in [4.78, 5) is 13.8. The quantitative estimate of drug-likeness (QED) is 0.798. The van der Waals surface area contributed by atoms with Gasteiger partial charge in [-0.1, -0.05) is 19.8 Å². The van der Waals surface area contributed by atoms with Crippen LogP contribution in [0.2, 0.25) is 0 Å². The van der Waals surface area contributed by atoms with Gasteiger partial charge in [-0.2, -0.15) is 0 Å². The van der Waals surface area contributed by atoms with Crippen molar-refractivity contribution < 1.29 is 9.90 Å². The normalized spacial score (nSPS) is 36.2. The minimum atomic E-state index is -0.603. The van der Waals surface area contributed by atoms with Crippen LogP contribution in [0.4, 0.5) is 0 Å². The Kier molecular flexibility index (Phi) is 3.24. The number of carboxylic acids is 1. The number of carbonyl (C=O) groups is 1. The van der Waals surface area contributed by atoms with Gasteiger partial charge >= 0.3 is 5.97 Å². The minimum absolute atomic E-state index is 0.290. The van der Waals surface area contributed by atoms with Gasteiger partial charge in [-0.3, -0.25) is 9.69 Å². The second-order valence-electron chi connectivity index (χ2n) is 5.74. The van der Waals surface area contributed by atoms with E-state index in [1.807, 2.05) is 6.92 Å². The molecular formula is C13H23NO2. The molecule has 1 saturated heterocycles. The fourth-order valence-electron chi connectivity index (χ4n) is 3.44. The molecule has 0 aromatic rings. The van der Waals surface area contributed by atoms with Gasteiger partial charge in [0.1, 0.15) is 0 Å². The van der Waals surface area contributed by atoms with Gasteiger partial charge in [-0.05, 0) is 32.1 Å². The van der Waals surface area contributed by atoms with Gasteiger partial charge in [0.25, 0.3) is 0 Å². The number of likely N-dealkylation sites (tertiary alicyclic amines) is 1. The second-order valence-corrected chi connectivity index (χ2v) is 5.74. The number of hydrogen-bond donors (Lipinski definition) is 1. The first-order chi connectivity index (χ1) is 7.58. The topological polar surface area (TPSA) is 40.5 Å². The predicted molar refractivity (Wildman–Crippen MR) is 63.4 cm³/mol. The van der Waals surface area contributed by atoms with Crippen LogP contribution in [0.15, 0.2) is 0 Å². The van der Waals surface area contributed by atoms with Crippen LogP contribution < -0.4 is 0 Å². The Morgan fingerprint density at radius 1 is 1.50 bits per heavy atom. The van der Waals surface area contributed by atoms with Gasteiger partial charge in [0.15, 0.2) is 0 Å². The van der Waals surface area contributed by atoms with Crippen LogP contribution in [0, 0.1) is 11.3 Å². The SMILES string of the molecule is CCCC1CN(C2CCCC2(C)C(=O)O)C1. The smallest absolute Gasteiger partial charge is 0.310 e. The lowest BCUT2D eigenvalue weighted by Gasteiger charge is -2.47. The average Bonchev–Trinajstić information content (AvgIpc) is 2.55. The van der Waals surface area contributed by atoms with Crippen molar-refractivity contribution in [2.45, 2.75) is 52.0 Å². The lowest BCUT2D eigenvalue weighted by molar-refractivity contribution is -0.152. The summed E-state index contributed by atoms with van der Waals surface area (Å²) in [6.45, 7) is 6.41. The molecule has 1 aliphatic heterocycles. The number of carboxylic acid groups (broad SMARTS) is 1. The molecule has 2 fully saturated rings. The molecule has 0 aromatic carbocycles. The molecule has 2 unspecified atom stereocenters. The van der Waals surface area contributed by atoms with E-state index in [2.05, 4.69) is 11.8 Å². The third-order valence-corrected chi connectivity index (χ3v) is 4.52. The Hall–Kier alpha value is -0.570. The van der Waals surface area contributed by atoms with E-state index in [-0.39, 0.29) is 6.04 Å². The summed E-state index contributed by atoms with van der Waals surface area (Å²) < 4.78 is 0. The summed E-state index contributed by atoms with van der Waals surface area (Å²) in [5.41, 5.74) is -0.489. The Balaban J connectivity index is 1.93. The minimum Gasteiger partial charge on any atom is -0.481 e. The third kappa shape index (κ3) is 1.86. The molecule has 2 rings (SSSR count). The lowest BCUT2D eigenvalue weighted by Crippen LogP contribution is -2.57. The van der Waals surface area contributed by atoms with Crippen molar-refractivity contribution in [2.75, 3.05) is 13.1 Å². The molecule has 0 radical (unpaired) electrons. The molecule has 3 nitrogen and oxygen atoms in total. The lowest BCUT2D eigenvalue weighted by atomic mass is 9.81. The zero-order valence-electron chi connectivity index (χ0n) is 10.4. The monoisotopic (exact) mass is 225 g/mol. The van der Waals surface area contributed by atoms with Crippen molar-refractivity contribution in [1.29, 1.82) is 0 Å². The zero-order chi connectivity index (χ0) is 11.8. The van der Waals surface area contributed by atoms with Crippen LogP contribution in [0.25, 0.3) is 0 Å². The molecule has 1 heterocycles. The van der Waals surface area contributed by atoms with Crippen LogP contribution in [0.5, 0.6) is 0 Å². The van der Waals surface area contributed by atoms with Crippen LogP contribution in [0.1, 0.15) is 46.0 Å². The molecule has 0 spiro atoms. The van der Waals surface area contributed by atoms with Crippen molar-refractivity contribution >= 4 is 5.97 Å². The molecule has 92 valence electrons. The highest BCUT2D eigenvalue weighted by molar-refractivity contribution is 5.75. The third-order valence-electron chi connectivity index (χ3n) is 4.52. The van der Waals surface area contributed by atoms with Gasteiger partial charge in [-0.15, -0.1) is 0 Å². The van der Waals surface area contributed by atoms with Crippen molar-refractivity contribution in [3.63, 3.8) is 0 Å². The van der Waals surface area contributed by atoms with Gasteiger partial charge in [0, 0.05) is 19.1 Å². The van der Waals surface area contributed by atoms with Crippen LogP contribution >= 0.6 is 0 Å². The van der Waals surface area contributed by atoms with Crippen molar-refractivity contribution in [3.05, 3.63) is 0 Å². The molecule has 0 amide bonds. The summed E-state index contributed by atoms with van der Waals surface area (Å²) >= 11 is 0. The molecule has 16 heavy (non-hydrogen) atoms. The number of rotatable bonds is 4. The van der Waals surface area contributed by atoms with Crippen molar-refractivity contribution in [2.24, 2.45) is 11.3 Å². The highest BCUT2D eigenvalue weighted by Crippen LogP contribution is 2.43. The maximum absolute atomic E-state index is 11.4. The first-order valence-electron chi connectivity index (χ1n) is 6.55. The highest BCUT2D eigenvalue weighted by Gasteiger charge is 2.50. The second kappa shape index (κ2) is 4.36. The van der Waals surface area contributed by atoms with Crippen LogP contribution in [-0.4, -0.2) is 35.1 Å². The summed E-state index contributed by atoms with van der Waals surface area (Å²) in [6.07, 6.45) is 5.54. The van der Waals surface area contributed by atoms with Gasteiger partial charge in [-0.25, -0.2) is 0 Å². The maximum atomic E-state index is 11.4. The van der Waals surface area contributed by atoms with Crippen LogP contribution in [0.3, 0.4) is 0 Å². The van der Waals surface area contributed by atoms with Crippen molar-refractivity contribution in [3.8, 4) is 0 Å². The Bertz CT molecular complexity index is 273.